The van der Waals surface area contributed by atoms with E-state index in [1.54, 1.807) is 19.1 Å². The molecule has 0 aliphatic carbocycles. The van der Waals surface area contributed by atoms with Crippen LogP contribution >= 0.6 is 0 Å². The van der Waals surface area contributed by atoms with Crippen LogP contribution in [-0.4, -0.2) is 24.5 Å². The molecule has 0 bridgehead atoms. The van der Waals surface area contributed by atoms with Crippen LogP contribution in [-0.2, 0) is 16.0 Å². The van der Waals surface area contributed by atoms with Crippen molar-refractivity contribution < 1.29 is 14.3 Å². The van der Waals surface area contributed by atoms with Gasteiger partial charge in [0.05, 0.1) is 6.61 Å². The minimum absolute atomic E-state index is 0.250. The SMILES string of the molecule is CCCCCCCOC(=O)[C@H](C)NC(=O)c1ccc(CC)cc1. The van der Waals surface area contributed by atoms with Gasteiger partial charge in [-0.05, 0) is 37.5 Å². The van der Waals surface area contributed by atoms with Crippen LogP contribution in [0.15, 0.2) is 24.3 Å². The van der Waals surface area contributed by atoms with Gasteiger partial charge in [-0.25, -0.2) is 4.79 Å². The number of benzene rings is 1. The second kappa shape index (κ2) is 10.8. The molecule has 1 aromatic carbocycles. The molecule has 1 amide bonds. The molecule has 1 rings (SSSR count). The predicted octanol–water partition coefficient (Wildman–Crippen LogP) is 3.88. The van der Waals surface area contributed by atoms with Gasteiger partial charge < -0.3 is 10.1 Å². The molecule has 0 heterocycles. The zero-order valence-corrected chi connectivity index (χ0v) is 14.6. The van der Waals surface area contributed by atoms with Gasteiger partial charge in [0.1, 0.15) is 6.04 Å². The first-order chi connectivity index (χ1) is 11.1. The third-order valence-corrected chi connectivity index (χ3v) is 3.82. The highest BCUT2D eigenvalue weighted by Gasteiger charge is 2.17. The third-order valence-electron chi connectivity index (χ3n) is 3.82. The van der Waals surface area contributed by atoms with E-state index in [1.807, 2.05) is 12.1 Å². The van der Waals surface area contributed by atoms with Gasteiger partial charge >= 0.3 is 5.97 Å². The number of aryl methyl sites for hydroxylation is 1. The Labute approximate surface area is 139 Å². The first-order valence-electron chi connectivity index (χ1n) is 8.64. The summed E-state index contributed by atoms with van der Waals surface area (Å²) < 4.78 is 5.20. The van der Waals surface area contributed by atoms with Crippen LogP contribution in [0.5, 0.6) is 0 Å². The van der Waals surface area contributed by atoms with E-state index < -0.39 is 6.04 Å². The van der Waals surface area contributed by atoms with Gasteiger partial charge in [-0.1, -0.05) is 51.7 Å². The maximum atomic E-state index is 12.1. The van der Waals surface area contributed by atoms with Crippen molar-refractivity contribution in [3.05, 3.63) is 35.4 Å². The van der Waals surface area contributed by atoms with Crippen LogP contribution in [0.4, 0.5) is 0 Å². The van der Waals surface area contributed by atoms with Crippen LogP contribution in [0.1, 0.15) is 68.8 Å². The number of ether oxygens (including phenoxy) is 1. The number of amides is 1. The molecule has 4 heteroatoms. The molecular formula is C19H29NO3. The summed E-state index contributed by atoms with van der Waals surface area (Å²) in [6.45, 7) is 6.31. The van der Waals surface area contributed by atoms with Gasteiger partial charge in [0, 0.05) is 5.56 Å². The number of carbonyl (C=O) groups excluding carboxylic acids is 2. The fourth-order valence-electron chi connectivity index (χ4n) is 2.23. The molecule has 0 radical (unpaired) electrons. The lowest BCUT2D eigenvalue weighted by Gasteiger charge is -2.13. The van der Waals surface area contributed by atoms with Crippen molar-refractivity contribution in [2.24, 2.45) is 0 Å². The summed E-state index contributed by atoms with van der Waals surface area (Å²) in [6, 6.07) is 6.77. The molecule has 1 N–H and O–H groups in total. The minimum atomic E-state index is -0.635. The van der Waals surface area contributed by atoms with Crippen LogP contribution in [0.25, 0.3) is 0 Å². The summed E-state index contributed by atoms with van der Waals surface area (Å²) in [7, 11) is 0. The van der Waals surface area contributed by atoms with E-state index in [0.717, 1.165) is 19.3 Å². The van der Waals surface area contributed by atoms with E-state index in [-0.39, 0.29) is 11.9 Å². The lowest BCUT2D eigenvalue weighted by Crippen LogP contribution is -2.39. The van der Waals surface area contributed by atoms with Crippen molar-refractivity contribution >= 4 is 11.9 Å². The number of unbranched alkanes of at least 4 members (excludes halogenated alkanes) is 4. The molecule has 1 aromatic rings. The summed E-state index contributed by atoms with van der Waals surface area (Å²) in [5.41, 5.74) is 1.73. The zero-order chi connectivity index (χ0) is 17.1. The second-order valence-corrected chi connectivity index (χ2v) is 5.83. The Hall–Kier alpha value is -1.84. The van der Waals surface area contributed by atoms with E-state index in [4.69, 9.17) is 4.74 Å². The van der Waals surface area contributed by atoms with Crippen LogP contribution < -0.4 is 5.32 Å². The van der Waals surface area contributed by atoms with Gasteiger partial charge in [0.15, 0.2) is 0 Å². The quantitative estimate of drug-likeness (QED) is 0.526. The Morgan fingerprint density at radius 2 is 1.70 bits per heavy atom. The normalized spacial score (nSPS) is 11.8. The standard InChI is InChI=1S/C19H29NO3/c1-4-6-7-8-9-14-23-19(22)15(3)20-18(21)17-12-10-16(5-2)11-13-17/h10-13,15H,4-9,14H2,1-3H3,(H,20,21)/t15-/m0/s1. The Kier molecular flexibility index (Phi) is 9.03. The molecule has 0 unspecified atom stereocenters. The van der Waals surface area contributed by atoms with Gasteiger partial charge in [0.25, 0.3) is 5.91 Å². The maximum Gasteiger partial charge on any atom is 0.328 e. The van der Waals surface area contributed by atoms with Crippen molar-refractivity contribution in [2.75, 3.05) is 6.61 Å². The summed E-state index contributed by atoms with van der Waals surface area (Å²) >= 11 is 0. The Morgan fingerprint density at radius 1 is 1.04 bits per heavy atom. The number of hydrogen-bond donors (Lipinski definition) is 1. The van der Waals surface area contributed by atoms with E-state index >= 15 is 0 Å². The fourth-order valence-corrected chi connectivity index (χ4v) is 2.23. The first kappa shape index (κ1) is 19.2. The molecule has 0 aliphatic rings. The van der Waals surface area contributed by atoms with Crippen molar-refractivity contribution in [3.63, 3.8) is 0 Å². The van der Waals surface area contributed by atoms with Crippen LogP contribution in [0.3, 0.4) is 0 Å². The van der Waals surface area contributed by atoms with Crippen molar-refractivity contribution in [2.45, 2.75) is 65.3 Å². The molecule has 128 valence electrons. The molecule has 1 atom stereocenters. The lowest BCUT2D eigenvalue weighted by atomic mass is 10.1. The van der Waals surface area contributed by atoms with Gasteiger partial charge in [0.2, 0.25) is 0 Å². The fraction of sp³-hybridized carbons (Fsp3) is 0.579. The van der Waals surface area contributed by atoms with E-state index in [0.29, 0.717) is 12.2 Å². The summed E-state index contributed by atoms with van der Waals surface area (Å²) in [6.07, 6.45) is 6.48. The monoisotopic (exact) mass is 319 g/mol. The third kappa shape index (κ3) is 7.31. The number of carbonyl (C=O) groups is 2. The Morgan fingerprint density at radius 3 is 2.30 bits per heavy atom. The van der Waals surface area contributed by atoms with Crippen molar-refractivity contribution in [3.8, 4) is 0 Å². The molecule has 0 spiro atoms. The van der Waals surface area contributed by atoms with Crippen molar-refractivity contribution in [1.29, 1.82) is 0 Å². The van der Waals surface area contributed by atoms with E-state index in [2.05, 4.69) is 19.2 Å². The summed E-state index contributed by atoms with van der Waals surface area (Å²) in [4.78, 5) is 24.0. The molecule has 23 heavy (non-hydrogen) atoms. The van der Waals surface area contributed by atoms with Crippen molar-refractivity contribution in [1.82, 2.24) is 5.32 Å². The minimum Gasteiger partial charge on any atom is -0.464 e. The molecule has 4 nitrogen and oxygen atoms in total. The lowest BCUT2D eigenvalue weighted by molar-refractivity contribution is -0.145. The molecule has 0 saturated heterocycles. The molecule has 0 saturated carbocycles. The average Bonchev–Trinajstić information content (AvgIpc) is 2.57. The highest BCUT2D eigenvalue weighted by molar-refractivity contribution is 5.96. The van der Waals surface area contributed by atoms with Gasteiger partial charge in [-0.15, -0.1) is 0 Å². The first-order valence-corrected chi connectivity index (χ1v) is 8.64. The highest BCUT2D eigenvalue weighted by atomic mass is 16.5. The largest absolute Gasteiger partial charge is 0.464 e. The number of rotatable bonds is 10. The Bertz CT molecular complexity index is 482. The van der Waals surface area contributed by atoms with E-state index in [9.17, 15) is 9.59 Å². The second-order valence-electron chi connectivity index (χ2n) is 5.83. The number of nitrogens with one attached hydrogen (secondary N) is 1. The Balaban J connectivity index is 2.31. The smallest absolute Gasteiger partial charge is 0.328 e. The molecule has 0 aliphatic heterocycles. The zero-order valence-electron chi connectivity index (χ0n) is 14.6. The van der Waals surface area contributed by atoms with Crippen LogP contribution in [0.2, 0.25) is 0 Å². The molecule has 0 fully saturated rings. The maximum absolute atomic E-state index is 12.1. The summed E-state index contributed by atoms with van der Waals surface area (Å²) in [5.74, 6) is -0.626. The summed E-state index contributed by atoms with van der Waals surface area (Å²) in [5, 5.41) is 2.68. The molecular weight excluding hydrogens is 290 g/mol. The highest BCUT2D eigenvalue weighted by Crippen LogP contribution is 2.06. The number of esters is 1. The number of hydrogen-bond acceptors (Lipinski definition) is 3. The predicted molar refractivity (Wildman–Crippen MR) is 92.5 cm³/mol. The van der Waals surface area contributed by atoms with E-state index in [1.165, 1.54) is 24.8 Å². The topological polar surface area (TPSA) is 55.4 Å². The van der Waals surface area contributed by atoms with Gasteiger partial charge in [-0.2, -0.15) is 0 Å². The molecule has 0 aromatic heterocycles. The average molecular weight is 319 g/mol. The van der Waals surface area contributed by atoms with Gasteiger partial charge in [-0.3, -0.25) is 4.79 Å². The van der Waals surface area contributed by atoms with Crippen LogP contribution in [0, 0.1) is 0 Å².